The summed E-state index contributed by atoms with van der Waals surface area (Å²) in [6, 6.07) is 0. The third kappa shape index (κ3) is 4.54. The van der Waals surface area contributed by atoms with E-state index in [0.29, 0.717) is 24.7 Å². The molecule has 1 amide bonds. The first kappa shape index (κ1) is 12.2. The molecule has 16 heavy (non-hydrogen) atoms. The van der Waals surface area contributed by atoms with E-state index in [1.807, 2.05) is 0 Å². The second-order valence-corrected chi connectivity index (χ2v) is 3.23. The van der Waals surface area contributed by atoms with Gasteiger partial charge >= 0.3 is 5.97 Å². The molecule has 0 saturated heterocycles. The van der Waals surface area contributed by atoms with Gasteiger partial charge < -0.3 is 14.9 Å². The Hall–Kier alpha value is -1.92. The number of aliphatic carboxylic acids is 1. The Balaban J connectivity index is 2.15. The number of hydrogen-bond acceptors (Lipinski definition) is 5. The summed E-state index contributed by atoms with van der Waals surface area (Å²) in [5, 5.41) is 14.5. The summed E-state index contributed by atoms with van der Waals surface area (Å²) in [5.74, 6) is -0.274. The fraction of sp³-hybridized carbons (Fsp3) is 0.556. The zero-order chi connectivity index (χ0) is 12.0. The van der Waals surface area contributed by atoms with Gasteiger partial charge in [-0.2, -0.15) is 4.98 Å². The van der Waals surface area contributed by atoms with Crippen molar-refractivity contribution < 1.29 is 19.2 Å². The molecule has 0 aliphatic rings. The fourth-order valence-electron chi connectivity index (χ4n) is 1.06. The summed E-state index contributed by atoms with van der Waals surface area (Å²) in [4.78, 5) is 25.2. The molecule has 0 fully saturated rings. The summed E-state index contributed by atoms with van der Waals surface area (Å²) in [7, 11) is 0. The molecule has 0 aromatic carbocycles. The molecule has 0 spiro atoms. The molecule has 1 aromatic heterocycles. The van der Waals surface area contributed by atoms with Crippen molar-refractivity contribution in [3.63, 3.8) is 0 Å². The van der Waals surface area contributed by atoms with Gasteiger partial charge in [-0.05, 0) is 6.92 Å². The van der Waals surface area contributed by atoms with Crippen LogP contribution in [0, 0.1) is 6.92 Å². The van der Waals surface area contributed by atoms with E-state index < -0.39 is 5.97 Å². The number of aromatic nitrogens is 2. The number of carbonyl (C=O) groups is 2. The van der Waals surface area contributed by atoms with Gasteiger partial charge in [0.15, 0.2) is 5.82 Å². The van der Waals surface area contributed by atoms with Gasteiger partial charge in [-0.15, -0.1) is 0 Å². The lowest BCUT2D eigenvalue weighted by atomic mass is 10.3. The average molecular weight is 227 g/mol. The van der Waals surface area contributed by atoms with Crippen LogP contribution in [0.5, 0.6) is 0 Å². The minimum atomic E-state index is -0.984. The summed E-state index contributed by atoms with van der Waals surface area (Å²) in [6.07, 6.45) is 0.267. The molecule has 1 heterocycles. The molecule has 1 rings (SSSR count). The Bertz CT molecular complexity index is 375. The van der Waals surface area contributed by atoms with E-state index in [1.54, 1.807) is 6.92 Å². The molecule has 0 saturated carbocycles. The number of nitrogens with one attached hydrogen (secondary N) is 1. The number of nitrogens with zero attached hydrogens (tertiary/aromatic N) is 2. The number of rotatable bonds is 6. The van der Waals surface area contributed by atoms with E-state index in [0.717, 1.165) is 0 Å². The van der Waals surface area contributed by atoms with Crippen LogP contribution >= 0.6 is 0 Å². The predicted molar refractivity (Wildman–Crippen MR) is 52.6 cm³/mol. The maximum atomic E-state index is 11.1. The van der Waals surface area contributed by atoms with Crippen LogP contribution in [0.4, 0.5) is 0 Å². The highest BCUT2D eigenvalue weighted by Crippen LogP contribution is 1.96. The normalized spacial score (nSPS) is 10.1. The van der Waals surface area contributed by atoms with E-state index in [1.165, 1.54) is 0 Å². The number of amides is 1. The van der Waals surface area contributed by atoms with Crippen LogP contribution in [0.1, 0.15) is 24.6 Å². The zero-order valence-corrected chi connectivity index (χ0v) is 8.89. The van der Waals surface area contributed by atoms with E-state index >= 15 is 0 Å². The van der Waals surface area contributed by atoms with E-state index in [2.05, 4.69) is 15.5 Å². The van der Waals surface area contributed by atoms with Crippen LogP contribution < -0.4 is 5.32 Å². The number of aryl methyl sites for hydroxylation is 1. The van der Waals surface area contributed by atoms with Crippen LogP contribution in [0.15, 0.2) is 4.52 Å². The minimum Gasteiger partial charge on any atom is -0.481 e. The van der Waals surface area contributed by atoms with Gasteiger partial charge in [0.2, 0.25) is 11.8 Å². The fourth-order valence-corrected chi connectivity index (χ4v) is 1.06. The lowest BCUT2D eigenvalue weighted by Crippen LogP contribution is -2.26. The molecule has 0 radical (unpaired) electrons. The molecule has 0 unspecified atom stereocenters. The van der Waals surface area contributed by atoms with Crippen molar-refractivity contribution in [3.8, 4) is 0 Å². The molecule has 0 aliphatic heterocycles. The van der Waals surface area contributed by atoms with Crippen LogP contribution in [0.25, 0.3) is 0 Å². The van der Waals surface area contributed by atoms with E-state index in [-0.39, 0.29) is 18.7 Å². The van der Waals surface area contributed by atoms with Crippen LogP contribution in [-0.4, -0.2) is 33.7 Å². The van der Waals surface area contributed by atoms with Gasteiger partial charge in [-0.25, -0.2) is 0 Å². The van der Waals surface area contributed by atoms with Crippen LogP contribution in [0.2, 0.25) is 0 Å². The van der Waals surface area contributed by atoms with Gasteiger partial charge in [-0.3, -0.25) is 9.59 Å². The Morgan fingerprint density at radius 3 is 2.75 bits per heavy atom. The van der Waals surface area contributed by atoms with E-state index in [4.69, 9.17) is 9.63 Å². The minimum absolute atomic E-state index is 0.0157. The van der Waals surface area contributed by atoms with E-state index in [9.17, 15) is 9.59 Å². The molecule has 7 nitrogen and oxygen atoms in total. The van der Waals surface area contributed by atoms with Gasteiger partial charge in [0, 0.05) is 19.4 Å². The maximum Gasteiger partial charge on any atom is 0.303 e. The molecule has 0 atom stereocenters. The van der Waals surface area contributed by atoms with Gasteiger partial charge in [0.05, 0.1) is 6.42 Å². The Kier molecular flexibility index (Phi) is 4.43. The smallest absolute Gasteiger partial charge is 0.303 e. The highest BCUT2D eigenvalue weighted by molar-refractivity contribution is 5.80. The van der Waals surface area contributed by atoms with Gasteiger partial charge in [-0.1, -0.05) is 5.16 Å². The highest BCUT2D eigenvalue weighted by atomic mass is 16.5. The Morgan fingerprint density at radius 2 is 2.19 bits per heavy atom. The molecule has 1 aromatic rings. The summed E-state index contributed by atoms with van der Waals surface area (Å²) in [6.45, 7) is 2.07. The number of carboxylic acid groups (broad SMARTS) is 1. The third-order valence-electron chi connectivity index (χ3n) is 1.80. The second-order valence-electron chi connectivity index (χ2n) is 3.23. The Labute approximate surface area is 91.8 Å². The molecule has 7 heteroatoms. The largest absolute Gasteiger partial charge is 0.481 e. The second kappa shape index (κ2) is 5.84. The standard InChI is InChI=1S/C9H13N3O4/c1-6-11-8(16-12-6)4-5-10-7(13)2-3-9(14)15/h2-5H2,1H3,(H,10,13)(H,14,15). The van der Waals surface area contributed by atoms with Crippen LogP contribution in [-0.2, 0) is 16.0 Å². The molecular formula is C9H13N3O4. The molecule has 88 valence electrons. The van der Waals surface area contributed by atoms with Gasteiger partial charge in [0.1, 0.15) is 0 Å². The van der Waals surface area contributed by atoms with Gasteiger partial charge in [0.25, 0.3) is 0 Å². The third-order valence-corrected chi connectivity index (χ3v) is 1.80. The van der Waals surface area contributed by atoms with Crippen molar-refractivity contribution in [1.82, 2.24) is 15.5 Å². The molecular weight excluding hydrogens is 214 g/mol. The monoisotopic (exact) mass is 227 g/mol. The summed E-state index contributed by atoms with van der Waals surface area (Å²) in [5.41, 5.74) is 0. The SMILES string of the molecule is Cc1noc(CCNC(=O)CCC(=O)O)n1. The molecule has 0 bridgehead atoms. The highest BCUT2D eigenvalue weighted by Gasteiger charge is 2.06. The van der Waals surface area contributed by atoms with Crippen LogP contribution in [0.3, 0.4) is 0 Å². The lowest BCUT2D eigenvalue weighted by molar-refractivity contribution is -0.138. The predicted octanol–water partition coefficient (Wildman–Crippen LogP) is -0.0985. The summed E-state index contributed by atoms with van der Waals surface area (Å²) >= 11 is 0. The maximum absolute atomic E-state index is 11.1. The molecule has 0 aliphatic carbocycles. The van der Waals surface area contributed by atoms with Crippen molar-refractivity contribution in [2.45, 2.75) is 26.2 Å². The first-order chi connectivity index (χ1) is 7.58. The van der Waals surface area contributed by atoms with Crippen molar-refractivity contribution in [2.24, 2.45) is 0 Å². The first-order valence-electron chi connectivity index (χ1n) is 4.85. The number of carboxylic acids is 1. The topological polar surface area (TPSA) is 105 Å². The van der Waals surface area contributed by atoms with Crippen molar-refractivity contribution in [3.05, 3.63) is 11.7 Å². The number of hydrogen-bond donors (Lipinski definition) is 2. The molecule has 2 N–H and O–H groups in total. The first-order valence-corrected chi connectivity index (χ1v) is 4.85. The quantitative estimate of drug-likeness (QED) is 0.703. The van der Waals surface area contributed by atoms with Crippen molar-refractivity contribution in [1.29, 1.82) is 0 Å². The van der Waals surface area contributed by atoms with Crippen molar-refractivity contribution in [2.75, 3.05) is 6.54 Å². The lowest BCUT2D eigenvalue weighted by Gasteiger charge is -2.01. The zero-order valence-electron chi connectivity index (χ0n) is 8.89. The van der Waals surface area contributed by atoms with Crippen molar-refractivity contribution >= 4 is 11.9 Å². The Morgan fingerprint density at radius 1 is 1.44 bits per heavy atom. The average Bonchev–Trinajstić information content (AvgIpc) is 2.61. The summed E-state index contributed by atoms with van der Waals surface area (Å²) < 4.78 is 4.84. The number of carbonyl (C=O) groups excluding carboxylic acids is 1.